The Bertz CT molecular complexity index is 1150. The van der Waals surface area contributed by atoms with E-state index in [-0.39, 0.29) is 25.2 Å². The monoisotopic (exact) mass is 893 g/mol. The second-order valence-electron chi connectivity index (χ2n) is 18.1. The predicted octanol–water partition coefficient (Wildman–Crippen LogP) is 18.7. The number of hydrogen-bond acceptors (Lipinski definition) is 5. The molecule has 0 aromatic carbocycles. The lowest BCUT2D eigenvalue weighted by molar-refractivity contribution is -0.163. The van der Waals surface area contributed by atoms with Gasteiger partial charge in [-0.15, -0.1) is 0 Å². The predicted molar refractivity (Wildman–Crippen MR) is 279 cm³/mol. The van der Waals surface area contributed by atoms with E-state index < -0.39 is 6.10 Å². The average Bonchev–Trinajstić information content (AvgIpc) is 3.30. The molecule has 1 atom stereocenters. The van der Waals surface area contributed by atoms with Gasteiger partial charge in [-0.3, -0.25) is 9.59 Å². The summed E-state index contributed by atoms with van der Waals surface area (Å²) in [6.07, 6.45) is 70.7. The standard InChI is InChI=1S/C59H104O5/c1-4-7-10-13-16-19-22-24-26-28-29-30-32-34-36-39-42-45-48-51-54-62-55-57(64-59(61)53-50-47-44-41-37-21-18-15-12-9-6-3)56-63-58(60)52-49-46-43-40-38-35-33-31-27-25-23-20-17-14-11-8-5-2/h8,11,17,20,24-27,33,35,40,43,57H,4-7,9-10,12-16,18-19,21-23,28-32,34,36-39,41-42,44-56H2,1-3H3/b11-8-,20-17-,26-24-,27-25-,35-33-,43-40-. The van der Waals surface area contributed by atoms with Gasteiger partial charge in [0.1, 0.15) is 6.61 Å². The van der Waals surface area contributed by atoms with E-state index in [1.165, 1.54) is 161 Å². The molecular formula is C59H104O5. The van der Waals surface area contributed by atoms with Crippen molar-refractivity contribution in [2.45, 2.75) is 271 Å². The van der Waals surface area contributed by atoms with Crippen molar-refractivity contribution in [1.82, 2.24) is 0 Å². The Morgan fingerprint density at radius 1 is 0.359 bits per heavy atom. The van der Waals surface area contributed by atoms with Gasteiger partial charge in [-0.05, 0) is 83.5 Å². The molecular weight excluding hydrogens is 789 g/mol. The van der Waals surface area contributed by atoms with E-state index in [2.05, 4.69) is 93.7 Å². The van der Waals surface area contributed by atoms with Gasteiger partial charge in [-0.25, -0.2) is 0 Å². The lowest BCUT2D eigenvalue weighted by Gasteiger charge is -2.18. The Labute approximate surface area is 397 Å². The molecule has 0 spiro atoms. The van der Waals surface area contributed by atoms with Crippen molar-refractivity contribution in [2.24, 2.45) is 0 Å². The van der Waals surface area contributed by atoms with Crippen molar-refractivity contribution in [2.75, 3.05) is 19.8 Å². The zero-order valence-corrected chi connectivity index (χ0v) is 42.5. The highest BCUT2D eigenvalue weighted by Crippen LogP contribution is 2.15. The summed E-state index contributed by atoms with van der Waals surface area (Å²) in [6.45, 7) is 7.67. The third kappa shape index (κ3) is 52.0. The quantitative estimate of drug-likeness (QED) is 0.0346. The van der Waals surface area contributed by atoms with Gasteiger partial charge in [-0.1, -0.05) is 241 Å². The molecule has 0 rings (SSSR count). The molecule has 0 aromatic rings. The summed E-state index contributed by atoms with van der Waals surface area (Å²) < 4.78 is 17.4. The zero-order chi connectivity index (χ0) is 46.3. The van der Waals surface area contributed by atoms with E-state index in [0.717, 1.165) is 70.6 Å². The number of unbranched alkanes of at least 4 members (excludes halogenated alkanes) is 27. The van der Waals surface area contributed by atoms with Crippen molar-refractivity contribution in [3.8, 4) is 0 Å². The fourth-order valence-corrected chi connectivity index (χ4v) is 7.66. The summed E-state index contributed by atoms with van der Waals surface area (Å²) in [5, 5.41) is 0. The van der Waals surface area contributed by atoms with Gasteiger partial charge in [0.2, 0.25) is 0 Å². The molecule has 0 saturated heterocycles. The van der Waals surface area contributed by atoms with Gasteiger partial charge in [-0.2, -0.15) is 0 Å². The molecule has 0 amide bonds. The molecule has 370 valence electrons. The Kier molecular flexibility index (Phi) is 52.4. The van der Waals surface area contributed by atoms with Crippen LogP contribution in [0.25, 0.3) is 0 Å². The van der Waals surface area contributed by atoms with Crippen LogP contribution < -0.4 is 0 Å². The molecule has 0 saturated carbocycles. The van der Waals surface area contributed by atoms with Gasteiger partial charge < -0.3 is 14.2 Å². The molecule has 0 bridgehead atoms. The van der Waals surface area contributed by atoms with Crippen LogP contribution in [0, 0.1) is 0 Å². The van der Waals surface area contributed by atoms with Crippen LogP contribution in [-0.4, -0.2) is 37.9 Å². The molecule has 0 aliphatic heterocycles. The molecule has 5 heteroatoms. The summed E-state index contributed by atoms with van der Waals surface area (Å²) in [5.74, 6) is -0.459. The Morgan fingerprint density at radius 3 is 1.19 bits per heavy atom. The number of allylic oxidation sites excluding steroid dienone is 12. The van der Waals surface area contributed by atoms with Crippen molar-refractivity contribution in [3.63, 3.8) is 0 Å². The molecule has 0 radical (unpaired) electrons. The fraction of sp³-hybridized carbons (Fsp3) is 0.763. The second kappa shape index (κ2) is 54.7. The Balaban J connectivity index is 4.28. The first-order valence-corrected chi connectivity index (χ1v) is 27.5. The number of carbonyl (C=O) groups is 2. The Morgan fingerprint density at radius 2 is 0.719 bits per heavy atom. The number of ether oxygens (including phenoxy) is 3. The summed E-state index contributed by atoms with van der Waals surface area (Å²) in [7, 11) is 0. The number of rotatable bonds is 50. The molecule has 5 nitrogen and oxygen atoms in total. The van der Waals surface area contributed by atoms with Crippen LogP contribution in [0.2, 0.25) is 0 Å². The smallest absolute Gasteiger partial charge is 0.306 e. The maximum atomic E-state index is 12.8. The topological polar surface area (TPSA) is 61.8 Å². The van der Waals surface area contributed by atoms with Crippen LogP contribution in [0.3, 0.4) is 0 Å². The van der Waals surface area contributed by atoms with E-state index in [9.17, 15) is 9.59 Å². The molecule has 0 N–H and O–H groups in total. The third-order valence-electron chi connectivity index (χ3n) is 11.7. The summed E-state index contributed by atoms with van der Waals surface area (Å²) in [5.41, 5.74) is 0. The van der Waals surface area contributed by atoms with Crippen LogP contribution in [0.1, 0.15) is 265 Å². The molecule has 0 heterocycles. The normalized spacial score (nSPS) is 12.7. The van der Waals surface area contributed by atoms with Crippen molar-refractivity contribution in [1.29, 1.82) is 0 Å². The zero-order valence-electron chi connectivity index (χ0n) is 42.5. The summed E-state index contributed by atoms with van der Waals surface area (Å²) >= 11 is 0. The van der Waals surface area contributed by atoms with Crippen LogP contribution >= 0.6 is 0 Å². The minimum Gasteiger partial charge on any atom is -0.462 e. The molecule has 0 aliphatic rings. The average molecular weight is 893 g/mol. The van der Waals surface area contributed by atoms with Crippen molar-refractivity contribution in [3.05, 3.63) is 72.9 Å². The first-order valence-electron chi connectivity index (χ1n) is 27.5. The van der Waals surface area contributed by atoms with E-state index >= 15 is 0 Å². The maximum absolute atomic E-state index is 12.8. The second-order valence-corrected chi connectivity index (χ2v) is 18.1. The number of esters is 2. The largest absolute Gasteiger partial charge is 0.462 e. The minimum absolute atomic E-state index is 0.0560. The molecule has 1 unspecified atom stereocenters. The fourth-order valence-electron chi connectivity index (χ4n) is 7.66. The van der Waals surface area contributed by atoms with Crippen LogP contribution in [0.15, 0.2) is 72.9 Å². The van der Waals surface area contributed by atoms with Crippen LogP contribution in [0.4, 0.5) is 0 Å². The van der Waals surface area contributed by atoms with E-state index in [1.54, 1.807) is 0 Å². The summed E-state index contributed by atoms with van der Waals surface area (Å²) in [6, 6.07) is 0. The Hall–Kier alpha value is -2.66. The lowest BCUT2D eigenvalue weighted by Crippen LogP contribution is -2.30. The van der Waals surface area contributed by atoms with Crippen LogP contribution in [0.5, 0.6) is 0 Å². The summed E-state index contributed by atoms with van der Waals surface area (Å²) in [4.78, 5) is 25.4. The number of carbonyl (C=O) groups excluding carboxylic acids is 2. The molecule has 0 fully saturated rings. The number of hydrogen-bond donors (Lipinski definition) is 0. The first-order chi connectivity index (χ1) is 31.6. The third-order valence-corrected chi connectivity index (χ3v) is 11.7. The van der Waals surface area contributed by atoms with Gasteiger partial charge in [0, 0.05) is 19.4 Å². The maximum Gasteiger partial charge on any atom is 0.306 e. The van der Waals surface area contributed by atoms with Crippen molar-refractivity contribution < 1.29 is 23.8 Å². The highest BCUT2D eigenvalue weighted by Gasteiger charge is 2.17. The lowest BCUT2D eigenvalue weighted by atomic mass is 10.1. The van der Waals surface area contributed by atoms with Gasteiger partial charge in [0.25, 0.3) is 0 Å². The van der Waals surface area contributed by atoms with Crippen LogP contribution in [-0.2, 0) is 23.8 Å². The molecule has 0 aromatic heterocycles. The van der Waals surface area contributed by atoms with Crippen molar-refractivity contribution >= 4 is 11.9 Å². The highest BCUT2D eigenvalue weighted by atomic mass is 16.6. The molecule has 0 aliphatic carbocycles. The van der Waals surface area contributed by atoms with E-state index in [1.807, 2.05) is 0 Å². The first kappa shape index (κ1) is 61.3. The van der Waals surface area contributed by atoms with Gasteiger partial charge in [0.15, 0.2) is 6.10 Å². The van der Waals surface area contributed by atoms with Gasteiger partial charge >= 0.3 is 11.9 Å². The van der Waals surface area contributed by atoms with Gasteiger partial charge in [0.05, 0.1) is 6.61 Å². The van der Waals surface area contributed by atoms with E-state index in [4.69, 9.17) is 14.2 Å². The highest BCUT2D eigenvalue weighted by molar-refractivity contribution is 5.70. The SMILES string of the molecule is CC/C=C\C/C=C\C/C=C\C/C=C\C/C=C\CCCC(=O)OCC(COCCCCCCCCCCCC/C=C\CCCCCCCC)OC(=O)CCCCCCCCCCCCC. The molecule has 64 heavy (non-hydrogen) atoms. The van der Waals surface area contributed by atoms with E-state index in [0.29, 0.717) is 19.4 Å². The minimum atomic E-state index is -0.559.